The van der Waals surface area contributed by atoms with Crippen LogP contribution in [0.5, 0.6) is 0 Å². The van der Waals surface area contributed by atoms with Crippen molar-refractivity contribution in [3.05, 3.63) is 30.2 Å². The zero-order valence-corrected chi connectivity index (χ0v) is 10.8. The zero-order valence-electron chi connectivity index (χ0n) is 10.8. The van der Waals surface area contributed by atoms with Crippen molar-refractivity contribution < 1.29 is 4.79 Å². The SMILES string of the molecule is CNC(C)(C)C(=O)NCc1nnc2ccccn12. The van der Waals surface area contributed by atoms with Gasteiger partial charge < -0.3 is 10.6 Å². The van der Waals surface area contributed by atoms with E-state index in [1.54, 1.807) is 7.05 Å². The first-order chi connectivity index (χ1) is 8.54. The Kier molecular flexibility index (Phi) is 3.29. The summed E-state index contributed by atoms with van der Waals surface area (Å²) in [6, 6.07) is 5.67. The van der Waals surface area contributed by atoms with Crippen molar-refractivity contribution in [3.8, 4) is 0 Å². The maximum atomic E-state index is 11.9. The van der Waals surface area contributed by atoms with Gasteiger partial charge in [0.05, 0.1) is 12.1 Å². The summed E-state index contributed by atoms with van der Waals surface area (Å²) in [5, 5.41) is 13.9. The summed E-state index contributed by atoms with van der Waals surface area (Å²) >= 11 is 0. The third-order valence-electron chi connectivity index (χ3n) is 2.98. The average Bonchev–Trinajstić information content (AvgIpc) is 2.79. The molecule has 0 aliphatic carbocycles. The molecule has 0 fully saturated rings. The second-order valence-corrected chi connectivity index (χ2v) is 4.60. The molecular weight excluding hydrogens is 230 g/mol. The lowest BCUT2D eigenvalue weighted by Gasteiger charge is -2.22. The Hall–Kier alpha value is -1.95. The van der Waals surface area contributed by atoms with E-state index in [0.717, 1.165) is 5.65 Å². The van der Waals surface area contributed by atoms with Crippen LogP contribution >= 0.6 is 0 Å². The number of carbonyl (C=O) groups is 1. The number of hydrogen-bond donors (Lipinski definition) is 2. The normalized spacial score (nSPS) is 11.7. The second-order valence-electron chi connectivity index (χ2n) is 4.60. The molecule has 2 aromatic rings. The molecule has 2 heterocycles. The van der Waals surface area contributed by atoms with E-state index in [1.807, 2.05) is 42.6 Å². The number of fused-ring (bicyclic) bond motifs is 1. The fourth-order valence-electron chi connectivity index (χ4n) is 1.51. The van der Waals surface area contributed by atoms with E-state index < -0.39 is 5.54 Å². The summed E-state index contributed by atoms with van der Waals surface area (Å²) in [5.74, 6) is 0.642. The Morgan fingerprint density at radius 3 is 2.89 bits per heavy atom. The highest BCUT2D eigenvalue weighted by Gasteiger charge is 2.24. The van der Waals surface area contributed by atoms with Crippen LogP contribution in [0.25, 0.3) is 5.65 Å². The first kappa shape index (κ1) is 12.5. The van der Waals surface area contributed by atoms with Crippen LogP contribution < -0.4 is 10.6 Å². The minimum Gasteiger partial charge on any atom is -0.347 e. The molecule has 0 unspecified atom stereocenters. The Morgan fingerprint density at radius 2 is 2.17 bits per heavy atom. The Morgan fingerprint density at radius 1 is 1.39 bits per heavy atom. The molecule has 96 valence electrons. The van der Waals surface area contributed by atoms with Crippen molar-refractivity contribution in [1.82, 2.24) is 25.2 Å². The van der Waals surface area contributed by atoms with E-state index in [0.29, 0.717) is 12.4 Å². The summed E-state index contributed by atoms with van der Waals surface area (Å²) in [6.07, 6.45) is 1.88. The van der Waals surface area contributed by atoms with Crippen LogP contribution in [0.3, 0.4) is 0 Å². The molecule has 0 aliphatic heterocycles. The van der Waals surface area contributed by atoms with Gasteiger partial charge in [0.1, 0.15) is 0 Å². The molecule has 2 aromatic heterocycles. The van der Waals surface area contributed by atoms with E-state index in [9.17, 15) is 4.79 Å². The predicted molar refractivity (Wildman–Crippen MR) is 68.0 cm³/mol. The fraction of sp³-hybridized carbons (Fsp3) is 0.417. The molecule has 0 atom stereocenters. The second kappa shape index (κ2) is 4.73. The highest BCUT2D eigenvalue weighted by Crippen LogP contribution is 2.04. The van der Waals surface area contributed by atoms with E-state index in [1.165, 1.54) is 0 Å². The zero-order chi connectivity index (χ0) is 13.2. The molecule has 6 heteroatoms. The average molecular weight is 247 g/mol. The van der Waals surface area contributed by atoms with Gasteiger partial charge in [0, 0.05) is 6.20 Å². The van der Waals surface area contributed by atoms with Gasteiger partial charge in [0.25, 0.3) is 0 Å². The third kappa shape index (κ3) is 2.33. The summed E-state index contributed by atoms with van der Waals surface area (Å²) in [6.45, 7) is 4.00. The predicted octanol–water partition coefficient (Wildman–Crippen LogP) is 0.343. The number of rotatable bonds is 4. The fourth-order valence-corrected chi connectivity index (χ4v) is 1.51. The Bertz CT molecular complexity index is 560. The number of carbonyl (C=O) groups excluding carboxylic acids is 1. The van der Waals surface area contributed by atoms with Crippen molar-refractivity contribution in [2.75, 3.05) is 7.05 Å². The van der Waals surface area contributed by atoms with Gasteiger partial charge in [-0.2, -0.15) is 0 Å². The number of pyridine rings is 1. The number of aromatic nitrogens is 3. The highest BCUT2D eigenvalue weighted by molar-refractivity contribution is 5.85. The smallest absolute Gasteiger partial charge is 0.240 e. The molecule has 6 nitrogen and oxygen atoms in total. The molecule has 2 rings (SSSR count). The van der Waals surface area contributed by atoms with Gasteiger partial charge in [0.15, 0.2) is 11.5 Å². The molecule has 0 spiro atoms. The monoisotopic (exact) mass is 247 g/mol. The highest BCUT2D eigenvalue weighted by atomic mass is 16.2. The van der Waals surface area contributed by atoms with Crippen LogP contribution in [0.4, 0.5) is 0 Å². The first-order valence-electron chi connectivity index (χ1n) is 5.80. The minimum atomic E-state index is -0.597. The number of likely N-dealkylation sites (N-methyl/N-ethyl adjacent to an activating group) is 1. The molecule has 0 radical (unpaired) electrons. The molecule has 0 saturated heterocycles. The van der Waals surface area contributed by atoms with Crippen LogP contribution in [0, 0.1) is 0 Å². The molecule has 0 saturated carbocycles. The first-order valence-corrected chi connectivity index (χ1v) is 5.80. The maximum Gasteiger partial charge on any atom is 0.240 e. The van der Waals surface area contributed by atoms with Crippen LogP contribution in [0.15, 0.2) is 24.4 Å². The molecule has 1 amide bonds. The maximum absolute atomic E-state index is 11.9. The summed E-state index contributed by atoms with van der Waals surface area (Å²) in [5.41, 5.74) is 0.176. The van der Waals surface area contributed by atoms with Gasteiger partial charge in [-0.15, -0.1) is 10.2 Å². The van der Waals surface area contributed by atoms with Crippen molar-refractivity contribution in [3.63, 3.8) is 0 Å². The van der Waals surface area contributed by atoms with Gasteiger partial charge >= 0.3 is 0 Å². The molecule has 0 aliphatic rings. The largest absolute Gasteiger partial charge is 0.347 e. The summed E-state index contributed by atoms with van der Waals surface area (Å²) in [4.78, 5) is 11.9. The minimum absolute atomic E-state index is 0.0716. The molecular formula is C12H17N5O. The van der Waals surface area contributed by atoms with Crippen LogP contribution in [0.2, 0.25) is 0 Å². The van der Waals surface area contributed by atoms with E-state index in [2.05, 4.69) is 20.8 Å². The van der Waals surface area contributed by atoms with Crippen molar-refractivity contribution in [2.45, 2.75) is 25.9 Å². The van der Waals surface area contributed by atoms with Gasteiger partial charge in [0.2, 0.25) is 5.91 Å². The molecule has 18 heavy (non-hydrogen) atoms. The van der Waals surface area contributed by atoms with Gasteiger partial charge in [-0.25, -0.2) is 0 Å². The topological polar surface area (TPSA) is 71.3 Å². The van der Waals surface area contributed by atoms with Crippen LogP contribution in [0.1, 0.15) is 19.7 Å². The third-order valence-corrected chi connectivity index (χ3v) is 2.98. The van der Waals surface area contributed by atoms with Gasteiger partial charge in [-0.1, -0.05) is 6.07 Å². The Labute approximate surface area is 105 Å². The number of nitrogens with zero attached hydrogens (tertiary/aromatic N) is 3. The summed E-state index contributed by atoms with van der Waals surface area (Å²) < 4.78 is 1.85. The lowest BCUT2D eigenvalue weighted by Crippen LogP contribution is -2.50. The molecule has 0 bridgehead atoms. The lowest BCUT2D eigenvalue weighted by atomic mass is 10.1. The summed E-state index contributed by atoms with van der Waals surface area (Å²) in [7, 11) is 1.76. The van der Waals surface area contributed by atoms with Gasteiger partial charge in [-0.05, 0) is 33.0 Å². The van der Waals surface area contributed by atoms with Crippen molar-refractivity contribution >= 4 is 11.6 Å². The number of nitrogens with one attached hydrogen (secondary N) is 2. The number of amides is 1. The quantitative estimate of drug-likeness (QED) is 0.817. The van der Waals surface area contributed by atoms with E-state index in [4.69, 9.17) is 0 Å². The van der Waals surface area contributed by atoms with Crippen LogP contribution in [-0.4, -0.2) is 33.1 Å². The Balaban J connectivity index is 2.09. The number of hydrogen-bond acceptors (Lipinski definition) is 4. The standard InChI is InChI=1S/C12H17N5O/c1-12(2,13-3)11(18)14-8-10-16-15-9-6-4-5-7-17(9)10/h4-7,13H,8H2,1-3H3,(H,14,18). The van der Waals surface area contributed by atoms with E-state index in [-0.39, 0.29) is 5.91 Å². The lowest BCUT2D eigenvalue weighted by molar-refractivity contribution is -0.126. The van der Waals surface area contributed by atoms with Crippen LogP contribution in [-0.2, 0) is 11.3 Å². The van der Waals surface area contributed by atoms with E-state index >= 15 is 0 Å². The van der Waals surface area contributed by atoms with Crippen molar-refractivity contribution in [1.29, 1.82) is 0 Å². The van der Waals surface area contributed by atoms with Gasteiger partial charge in [-0.3, -0.25) is 9.20 Å². The van der Waals surface area contributed by atoms with Crippen molar-refractivity contribution in [2.24, 2.45) is 0 Å². The molecule has 2 N–H and O–H groups in total. The molecule has 0 aromatic carbocycles.